The molecule has 1 unspecified atom stereocenters. The third kappa shape index (κ3) is 4.49. The molecule has 2 aromatic carbocycles. The highest BCUT2D eigenvalue weighted by atomic mass is 32.2. The lowest BCUT2D eigenvalue weighted by Gasteiger charge is -2.25. The number of fused-ring (bicyclic) bond motifs is 1. The van der Waals surface area contributed by atoms with Gasteiger partial charge in [-0.2, -0.15) is 0 Å². The van der Waals surface area contributed by atoms with Crippen LogP contribution in [0.1, 0.15) is 49.8 Å². The molecule has 2 aliphatic heterocycles. The van der Waals surface area contributed by atoms with Gasteiger partial charge in [0, 0.05) is 19.0 Å². The van der Waals surface area contributed by atoms with Crippen LogP contribution < -0.4 is 9.47 Å². The van der Waals surface area contributed by atoms with Crippen molar-refractivity contribution >= 4 is 17.7 Å². The van der Waals surface area contributed by atoms with Crippen LogP contribution in [0, 0.1) is 5.82 Å². The van der Waals surface area contributed by atoms with Gasteiger partial charge in [0.25, 0.3) is 0 Å². The van der Waals surface area contributed by atoms with Crippen LogP contribution in [0.3, 0.4) is 0 Å². The van der Waals surface area contributed by atoms with Gasteiger partial charge in [-0.3, -0.25) is 9.36 Å². The number of ether oxygens (including phenoxy) is 2. The highest BCUT2D eigenvalue weighted by Crippen LogP contribution is 2.42. The Morgan fingerprint density at radius 2 is 1.86 bits per heavy atom. The number of benzene rings is 2. The van der Waals surface area contributed by atoms with E-state index in [0.29, 0.717) is 29.8 Å². The molecule has 6 rings (SSSR count). The highest BCUT2D eigenvalue weighted by Gasteiger charge is 2.33. The van der Waals surface area contributed by atoms with E-state index in [2.05, 4.69) is 10.2 Å². The molecule has 2 fully saturated rings. The van der Waals surface area contributed by atoms with Crippen LogP contribution in [0.4, 0.5) is 4.39 Å². The van der Waals surface area contributed by atoms with Gasteiger partial charge in [0.2, 0.25) is 5.91 Å². The largest absolute Gasteiger partial charge is 0.490 e. The topological polar surface area (TPSA) is 69.5 Å². The lowest BCUT2D eigenvalue weighted by Crippen LogP contribution is -2.32. The Hall–Kier alpha value is -3.07. The van der Waals surface area contributed by atoms with Crippen LogP contribution in [-0.2, 0) is 4.79 Å². The van der Waals surface area contributed by atoms with Gasteiger partial charge in [0.05, 0.1) is 30.6 Å². The summed E-state index contributed by atoms with van der Waals surface area (Å²) in [7, 11) is 0. The molecule has 1 atom stereocenters. The molecule has 1 saturated heterocycles. The van der Waals surface area contributed by atoms with Gasteiger partial charge in [-0.05, 0) is 55.5 Å². The summed E-state index contributed by atoms with van der Waals surface area (Å²) >= 11 is 1.39. The zero-order chi connectivity index (χ0) is 23.8. The SMILES string of the molecule is O=C(CSc1nnc(-c2ccccc2F)n1C1CC1)N1CCCC1c1ccc2c(c1)OCCCO2. The van der Waals surface area contributed by atoms with Crippen molar-refractivity contribution in [1.82, 2.24) is 19.7 Å². The molecule has 9 heteroatoms. The van der Waals surface area contributed by atoms with Crippen molar-refractivity contribution in [1.29, 1.82) is 0 Å². The fourth-order valence-electron chi connectivity index (χ4n) is 4.87. The minimum atomic E-state index is -0.315. The van der Waals surface area contributed by atoms with Crippen molar-refractivity contribution in [2.75, 3.05) is 25.5 Å². The van der Waals surface area contributed by atoms with Gasteiger partial charge >= 0.3 is 0 Å². The predicted molar refractivity (Wildman–Crippen MR) is 130 cm³/mol. The maximum Gasteiger partial charge on any atom is 0.233 e. The number of aromatic nitrogens is 3. The van der Waals surface area contributed by atoms with Gasteiger partial charge in [-0.15, -0.1) is 10.2 Å². The zero-order valence-corrected chi connectivity index (χ0v) is 20.2. The summed E-state index contributed by atoms with van der Waals surface area (Å²) in [6.07, 6.45) is 4.77. The normalized spacial score (nSPS) is 19.6. The van der Waals surface area contributed by atoms with E-state index in [1.807, 2.05) is 27.7 Å². The molecule has 3 aliphatic rings. The highest BCUT2D eigenvalue weighted by molar-refractivity contribution is 7.99. The monoisotopic (exact) mass is 494 g/mol. The number of nitrogens with zero attached hydrogens (tertiary/aromatic N) is 4. The second kappa shape index (κ2) is 9.53. The summed E-state index contributed by atoms with van der Waals surface area (Å²) in [5.41, 5.74) is 1.52. The minimum Gasteiger partial charge on any atom is -0.490 e. The fraction of sp³-hybridized carbons (Fsp3) is 0.423. The van der Waals surface area contributed by atoms with E-state index in [1.165, 1.54) is 17.8 Å². The lowest BCUT2D eigenvalue weighted by atomic mass is 10.0. The fourth-order valence-corrected chi connectivity index (χ4v) is 5.76. The summed E-state index contributed by atoms with van der Waals surface area (Å²) < 4.78 is 28.1. The number of amides is 1. The minimum absolute atomic E-state index is 0.0236. The Kier molecular flexibility index (Phi) is 6.10. The summed E-state index contributed by atoms with van der Waals surface area (Å²) in [6, 6.07) is 12.9. The van der Waals surface area contributed by atoms with Crippen LogP contribution in [0.5, 0.6) is 11.5 Å². The third-order valence-electron chi connectivity index (χ3n) is 6.75. The number of rotatable bonds is 6. The molecule has 35 heavy (non-hydrogen) atoms. The van der Waals surface area contributed by atoms with Crippen molar-refractivity contribution in [2.45, 2.75) is 49.3 Å². The second-order valence-electron chi connectivity index (χ2n) is 9.18. The molecule has 1 aromatic heterocycles. The number of carbonyl (C=O) groups is 1. The average molecular weight is 495 g/mol. The van der Waals surface area contributed by atoms with Crippen LogP contribution in [0.25, 0.3) is 11.4 Å². The number of halogens is 1. The van der Waals surface area contributed by atoms with Crippen LogP contribution in [0.2, 0.25) is 0 Å². The smallest absolute Gasteiger partial charge is 0.233 e. The van der Waals surface area contributed by atoms with E-state index < -0.39 is 0 Å². The Balaban J connectivity index is 1.18. The van der Waals surface area contributed by atoms with Gasteiger partial charge in [-0.25, -0.2) is 4.39 Å². The molecule has 0 radical (unpaired) electrons. The van der Waals surface area contributed by atoms with E-state index in [0.717, 1.165) is 55.7 Å². The van der Waals surface area contributed by atoms with Crippen LogP contribution in [-0.4, -0.2) is 51.1 Å². The maximum atomic E-state index is 14.4. The zero-order valence-electron chi connectivity index (χ0n) is 19.4. The summed E-state index contributed by atoms with van der Waals surface area (Å²) in [5, 5.41) is 9.30. The van der Waals surface area contributed by atoms with E-state index in [9.17, 15) is 9.18 Å². The predicted octanol–water partition coefficient (Wildman–Crippen LogP) is 5.04. The van der Waals surface area contributed by atoms with Crippen LogP contribution >= 0.6 is 11.8 Å². The van der Waals surface area contributed by atoms with Gasteiger partial charge in [0.15, 0.2) is 22.5 Å². The molecule has 0 spiro atoms. The van der Waals surface area contributed by atoms with Gasteiger partial charge in [0.1, 0.15) is 5.82 Å². The molecule has 7 nitrogen and oxygen atoms in total. The first-order chi connectivity index (χ1) is 17.2. The van der Waals surface area contributed by atoms with Crippen molar-refractivity contribution < 1.29 is 18.7 Å². The summed E-state index contributed by atoms with van der Waals surface area (Å²) in [6.45, 7) is 2.02. The van der Waals surface area contributed by atoms with Crippen molar-refractivity contribution in [2.24, 2.45) is 0 Å². The molecular formula is C26H27FN4O3S. The molecule has 3 aromatic rings. The molecular weight excluding hydrogens is 467 g/mol. The molecule has 182 valence electrons. The quantitative estimate of drug-likeness (QED) is 0.448. The van der Waals surface area contributed by atoms with Crippen molar-refractivity contribution in [3.63, 3.8) is 0 Å². The molecule has 0 N–H and O–H groups in total. The number of hydrogen-bond acceptors (Lipinski definition) is 6. The number of hydrogen-bond donors (Lipinski definition) is 0. The van der Waals surface area contributed by atoms with Crippen molar-refractivity contribution in [3.8, 4) is 22.9 Å². The average Bonchev–Trinajstić information content (AvgIpc) is 3.51. The van der Waals surface area contributed by atoms with Gasteiger partial charge in [-0.1, -0.05) is 30.0 Å². The molecule has 1 aliphatic carbocycles. The molecule has 3 heterocycles. The van der Waals surface area contributed by atoms with E-state index in [1.54, 1.807) is 18.2 Å². The number of thioether (sulfide) groups is 1. The molecule has 1 amide bonds. The Morgan fingerprint density at radius 3 is 2.69 bits per heavy atom. The first kappa shape index (κ1) is 22.4. The summed E-state index contributed by atoms with van der Waals surface area (Å²) in [4.78, 5) is 15.3. The lowest BCUT2D eigenvalue weighted by molar-refractivity contribution is -0.129. The maximum absolute atomic E-state index is 14.4. The first-order valence-electron chi connectivity index (χ1n) is 12.2. The van der Waals surface area contributed by atoms with Gasteiger partial charge < -0.3 is 14.4 Å². The Morgan fingerprint density at radius 1 is 1.03 bits per heavy atom. The molecule has 0 bridgehead atoms. The summed E-state index contributed by atoms with van der Waals surface area (Å²) in [5.74, 6) is 2.08. The third-order valence-corrected chi connectivity index (χ3v) is 7.67. The van der Waals surface area contributed by atoms with E-state index in [-0.39, 0.29) is 29.6 Å². The first-order valence-corrected chi connectivity index (χ1v) is 13.2. The van der Waals surface area contributed by atoms with Crippen molar-refractivity contribution in [3.05, 3.63) is 53.8 Å². The molecule has 1 saturated carbocycles. The Labute approximate surface area is 207 Å². The Bertz CT molecular complexity index is 1250. The standard InChI is InChI=1S/C26H27FN4O3S/c27-20-6-2-1-5-19(20)25-28-29-26(31(25)18-9-10-18)35-16-24(32)30-12-3-7-21(30)17-8-11-22-23(15-17)34-14-4-13-33-22/h1-2,5-6,8,11,15,18,21H,3-4,7,9-10,12-14,16H2. The number of carbonyl (C=O) groups excluding carboxylic acids is 1. The van der Waals surface area contributed by atoms with Crippen LogP contribution in [0.15, 0.2) is 47.6 Å². The van der Waals surface area contributed by atoms with E-state index >= 15 is 0 Å². The second-order valence-corrected chi connectivity index (χ2v) is 10.1. The van der Waals surface area contributed by atoms with E-state index in [4.69, 9.17) is 9.47 Å². The number of likely N-dealkylation sites (tertiary alicyclic amines) is 1.